The van der Waals surface area contributed by atoms with Crippen LogP contribution in [0.1, 0.15) is 18.5 Å². The number of aromatic nitrogens is 2. The summed E-state index contributed by atoms with van der Waals surface area (Å²) in [5, 5.41) is 8.79. The number of sulfonamides is 1. The van der Waals surface area contributed by atoms with Gasteiger partial charge in [-0.25, -0.2) is 8.42 Å². The van der Waals surface area contributed by atoms with E-state index < -0.39 is 16.1 Å². The molecular weight excluding hydrogens is 538 g/mol. The Balaban J connectivity index is 1.29. The van der Waals surface area contributed by atoms with Crippen molar-refractivity contribution in [2.24, 2.45) is 0 Å². The number of carbonyl (C=O) groups excluding carboxylic acids is 1. The van der Waals surface area contributed by atoms with Gasteiger partial charge in [0.15, 0.2) is 5.82 Å². The van der Waals surface area contributed by atoms with Crippen LogP contribution in [-0.2, 0) is 14.8 Å². The van der Waals surface area contributed by atoms with Crippen LogP contribution >= 0.6 is 0 Å². The molecule has 212 valence electrons. The van der Waals surface area contributed by atoms with E-state index in [1.54, 1.807) is 24.0 Å². The first-order chi connectivity index (χ1) is 19.9. The summed E-state index contributed by atoms with van der Waals surface area (Å²) < 4.78 is 34.1. The summed E-state index contributed by atoms with van der Waals surface area (Å²) in [5.41, 5.74) is 2.61. The fraction of sp³-hybridized carbons (Fsp3) is 0.258. The summed E-state index contributed by atoms with van der Waals surface area (Å²) in [7, 11) is -2.46. The lowest BCUT2D eigenvalue weighted by molar-refractivity contribution is -0.132. The van der Waals surface area contributed by atoms with Crippen LogP contribution in [0.4, 0.5) is 5.82 Å². The number of piperazine rings is 1. The predicted molar refractivity (Wildman–Crippen MR) is 158 cm³/mol. The number of benzene rings is 3. The summed E-state index contributed by atoms with van der Waals surface area (Å²) in [4.78, 5) is 17.4. The van der Waals surface area contributed by atoms with E-state index in [1.165, 1.54) is 23.5 Å². The van der Waals surface area contributed by atoms with E-state index >= 15 is 0 Å². The molecule has 1 atom stereocenters. The Labute approximate surface area is 241 Å². The lowest BCUT2D eigenvalue weighted by Crippen LogP contribution is -2.52. The lowest BCUT2D eigenvalue weighted by Gasteiger charge is -2.37. The van der Waals surface area contributed by atoms with Crippen molar-refractivity contribution in [3.8, 4) is 17.0 Å². The number of nitrogens with zero attached hydrogens (tertiary/aromatic N) is 5. The average molecular weight is 572 g/mol. The van der Waals surface area contributed by atoms with Crippen LogP contribution in [-0.4, -0.2) is 73.6 Å². The summed E-state index contributed by atoms with van der Waals surface area (Å²) in [6.45, 7) is 3.60. The number of hydrogen-bond donors (Lipinski definition) is 0. The SMILES string of the molecule is COc1ccc(S(=O)(=O)N(CC(=O)N2CCN(c3ccc(-c4ccccc4)nn3)CC2)[C@@H](C)c2ccccc2)cc1. The zero-order valence-electron chi connectivity index (χ0n) is 23.1. The van der Waals surface area contributed by atoms with Gasteiger partial charge in [-0.1, -0.05) is 60.7 Å². The van der Waals surface area contributed by atoms with E-state index in [-0.39, 0.29) is 17.3 Å². The Kier molecular flexibility index (Phi) is 8.61. The molecule has 0 unspecified atom stereocenters. The second-order valence-corrected chi connectivity index (χ2v) is 11.7. The third-order valence-electron chi connectivity index (χ3n) is 7.35. The maximum Gasteiger partial charge on any atom is 0.244 e. The molecule has 1 saturated heterocycles. The maximum atomic E-state index is 13.8. The van der Waals surface area contributed by atoms with Crippen molar-refractivity contribution < 1.29 is 17.9 Å². The molecule has 0 aliphatic carbocycles. The molecule has 3 aromatic carbocycles. The molecular formula is C31H33N5O4S. The Hall–Kier alpha value is -4.28. The van der Waals surface area contributed by atoms with Gasteiger partial charge in [0.1, 0.15) is 5.75 Å². The molecule has 0 radical (unpaired) electrons. The van der Waals surface area contributed by atoms with Gasteiger partial charge < -0.3 is 14.5 Å². The quantitative estimate of drug-likeness (QED) is 0.296. The Bertz CT molecular complexity index is 1540. The van der Waals surface area contributed by atoms with Crippen molar-refractivity contribution in [2.45, 2.75) is 17.9 Å². The van der Waals surface area contributed by atoms with Crippen molar-refractivity contribution in [1.29, 1.82) is 0 Å². The smallest absolute Gasteiger partial charge is 0.244 e. The molecule has 0 N–H and O–H groups in total. The standard InChI is InChI=1S/C31H33N5O4S/c1-24(25-9-5-3-6-10-25)36(41(38,39)28-15-13-27(40-2)14-16-28)23-31(37)35-21-19-34(20-22-35)30-18-17-29(32-33-30)26-11-7-4-8-12-26/h3-18,24H,19-23H2,1-2H3/t24-/m0/s1. The van der Waals surface area contributed by atoms with Crippen molar-refractivity contribution in [3.05, 3.63) is 103 Å². The lowest BCUT2D eigenvalue weighted by atomic mass is 10.1. The summed E-state index contributed by atoms with van der Waals surface area (Å²) in [6, 6.07) is 28.8. The molecule has 0 spiro atoms. The van der Waals surface area contributed by atoms with E-state index in [1.807, 2.05) is 72.8 Å². The summed E-state index contributed by atoms with van der Waals surface area (Å²) in [6.07, 6.45) is 0. The number of carbonyl (C=O) groups is 1. The molecule has 1 amide bonds. The first kappa shape index (κ1) is 28.3. The van der Waals surface area contributed by atoms with Crippen LogP contribution in [0.2, 0.25) is 0 Å². The largest absolute Gasteiger partial charge is 0.497 e. The fourth-order valence-electron chi connectivity index (χ4n) is 4.89. The van der Waals surface area contributed by atoms with E-state index in [9.17, 15) is 13.2 Å². The summed E-state index contributed by atoms with van der Waals surface area (Å²) >= 11 is 0. The normalized spacial score (nSPS) is 14.6. The van der Waals surface area contributed by atoms with Crippen LogP contribution < -0.4 is 9.64 Å². The van der Waals surface area contributed by atoms with E-state index in [0.717, 1.165) is 22.6 Å². The highest BCUT2D eigenvalue weighted by atomic mass is 32.2. The van der Waals surface area contributed by atoms with Gasteiger partial charge in [-0.15, -0.1) is 10.2 Å². The van der Waals surface area contributed by atoms with Gasteiger partial charge in [0.25, 0.3) is 0 Å². The van der Waals surface area contributed by atoms with Crippen LogP contribution in [0.15, 0.2) is 102 Å². The zero-order chi connectivity index (χ0) is 28.8. The highest BCUT2D eigenvalue weighted by Gasteiger charge is 2.34. The van der Waals surface area contributed by atoms with Gasteiger partial charge in [-0.2, -0.15) is 4.31 Å². The zero-order valence-corrected chi connectivity index (χ0v) is 23.9. The van der Waals surface area contributed by atoms with Crippen LogP contribution in [0.25, 0.3) is 11.3 Å². The van der Waals surface area contributed by atoms with Gasteiger partial charge in [-0.05, 0) is 48.9 Å². The first-order valence-electron chi connectivity index (χ1n) is 13.5. The Morgan fingerprint density at radius 1 is 0.854 bits per heavy atom. The van der Waals surface area contributed by atoms with Gasteiger partial charge in [-0.3, -0.25) is 4.79 Å². The van der Waals surface area contributed by atoms with E-state index in [0.29, 0.717) is 31.9 Å². The molecule has 1 aromatic heterocycles. The summed E-state index contributed by atoms with van der Waals surface area (Å²) in [5.74, 6) is 1.06. The van der Waals surface area contributed by atoms with Crippen molar-refractivity contribution in [2.75, 3.05) is 44.7 Å². The average Bonchev–Trinajstić information content (AvgIpc) is 3.04. The highest BCUT2D eigenvalue weighted by molar-refractivity contribution is 7.89. The van der Waals surface area contributed by atoms with Crippen molar-refractivity contribution >= 4 is 21.7 Å². The van der Waals surface area contributed by atoms with Gasteiger partial charge in [0.05, 0.1) is 24.2 Å². The molecule has 5 rings (SSSR count). The molecule has 0 saturated carbocycles. The monoisotopic (exact) mass is 571 g/mol. The number of methoxy groups -OCH3 is 1. The Morgan fingerprint density at radius 2 is 1.49 bits per heavy atom. The van der Waals surface area contributed by atoms with Crippen LogP contribution in [0.5, 0.6) is 5.75 Å². The van der Waals surface area contributed by atoms with Crippen LogP contribution in [0.3, 0.4) is 0 Å². The number of anilines is 1. The third kappa shape index (κ3) is 6.39. The fourth-order valence-corrected chi connectivity index (χ4v) is 6.46. The minimum absolute atomic E-state index is 0.108. The molecule has 4 aromatic rings. The molecule has 2 heterocycles. The minimum atomic E-state index is -3.99. The highest BCUT2D eigenvalue weighted by Crippen LogP contribution is 2.29. The number of rotatable bonds is 9. The first-order valence-corrected chi connectivity index (χ1v) is 14.9. The van der Waals surface area contributed by atoms with Crippen LogP contribution in [0, 0.1) is 0 Å². The molecule has 1 aliphatic heterocycles. The molecule has 1 aliphatic rings. The second kappa shape index (κ2) is 12.5. The minimum Gasteiger partial charge on any atom is -0.497 e. The molecule has 0 bridgehead atoms. The second-order valence-electron chi connectivity index (χ2n) is 9.82. The van der Waals surface area contributed by atoms with Crippen molar-refractivity contribution in [1.82, 2.24) is 19.4 Å². The molecule has 10 heteroatoms. The topological polar surface area (TPSA) is 95.9 Å². The van der Waals surface area contributed by atoms with Gasteiger partial charge in [0.2, 0.25) is 15.9 Å². The van der Waals surface area contributed by atoms with E-state index in [2.05, 4.69) is 15.1 Å². The third-order valence-corrected chi connectivity index (χ3v) is 9.28. The molecule has 1 fully saturated rings. The van der Waals surface area contributed by atoms with Crippen molar-refractivity contribution in [3.63, 3.8) is 0 Å². The number of ether oxygens (including phenoxy) is 1. The van der Waals surface area contributed by atoms with Gasteiger partial charge in [0, 0.05) is 37.8 Å². The van der Waals surface area contributed by atoms with E-state index in [4.69, 9.17) is 4.74 Å². The predicted octanol–water partition coefficient (Wildman–Crippen LogP) is 4.25. The van der Waals surface area contributed by atoms with Gasteiger partial charge >= 0.3 is 0 Å². The maximum absolute atomic E-state index is 13.8. The molecule has 41 heavy (non-hydrogen) atoms. The Morgan fingerprint density at radius 3 is 2.07 bits per heavy atom. The number of hydrogen-bond acceptors (Lipinski definition) is 7. The number of amides is 1. The molecule has 9 nitrogen and oxygen atoms in total.